The van der Waals surface area contributed by atoms with Gasteiger partial charge in [-0.3, -0.25) is 19.8 Å². The molecule has 0 N–H and O–H groups in total. The van der Waals surface area contributed by atoms with E-state index in [-0.39, 0.29) is 18.1 Å². The Hall–Kier alpha value is -4.82. The van der Waals surface area contributed by atoms with E-state index in [0.717, 1.165) is 16.7 Å². The highest BCUT2D eigenvalue weighted by Gasteiger charge is 2.40. The van der Waals surface area contributed by atoms with Crippen LogP contribution in [0.25, 0.3) is 0 Å². The first-order valence-corrected chi connectivity index (χ1v) is 12.7. The molecule has 1 atom stereocenters. The highest BCUT2D eigenvalue weighted by atomic mass is 16.6. The SMILES string of the molecule is C/C(=N/N1C(=O)CN(Cc2ccccc2)[C@@H]1c1ccccc1OCc1ccccc1)c1ccc([N+](=O)[O-])cc1. The maximum absolute atomic E-state index is 13.4. The molecule has 0 unspecified atom stereocenters. The van der Waals surface area contributed by atoms with Crippen LogP contribution in [0.15, 0.2) is 114 Å². The van der Waals surface area contributed by atoms with Crippen LogP contribution in [0.1, 0.15) is 35.3 Å². The van der Waals surface area contributed by atoms with Gasteiger partial charge in [0.05, 0.1) is 17.2 Å². The molecule has 0 aromatic heterocycles. The van der Waals surface area contributed by atoms with Crippen molar-refractivity contribution in [2.45, 2.75) is 26.2 Å². The Morgan fingerprint density at radius 1 is 0.897 bits per heavy atom. The second-order valence-electron chi connectivity index (χ2n) is 9.30. The van der Waals surface area contributed by atoms with Gasteiger partial charge in [0.1, 0.15) is 18.5 Å². The number of amides is 1. The molecule has 4 aromatic rings. The molecule has 0 aliphatic carbocycles. The van der Waals surface area contributed by atoms with Gasteiger partial charge in [0.2, 0.25) is 0 Å². The van der Waals surface area contributed by atoms with Crippen LogP contribution in [0, 0.1) is 10.1 Å². The molecule has 39 heavy (non-hydrogen) atoms. The van der Waals surface area contributed by atoms with Crippen molar-refractivity contribution >= 4 is 17.3 Å². The summed E-state index contributed by atoms with van der Waals surface area (Å²) in [5.41, 5.74) is 4.22. The zero-order chi connectivity index (χ0) is 27.2. The number of nitro groups is 1. The minimum absolute atomic E-state index is 0.000189. The van der Waals surface area contributed by atoms with Crippen LogP contribution < -0.4 is 4.74 Å². The number of carbonyl (C=O) groups excluding carboxylic acids is 1. The van der Waals surface area contributed by atoms with Gasteiger partial charge < -0.3 is 4.74 Å². The van der Waals surface area contributed by atoms with Crippen LogP contribution in [-0.4, -0.2) is 33.0 Å². The molecule has 0 radical (unpaired) electrons. The largest absolute Gasteiger partial charge is 0.488 e. The number of nitro benzene ring substituents is 1. The third kappa shape index (κ3) is 6.02. The average Bonchev–Trinajstić information content (AvgIpc) is 3.26. The van der Waals surface area contributed by atoms with Gasteiger partial charge in [-0.2, -0.15) is 5.10 Å². The third-order valence-corrected chi connectivity index (χ3v) is 6.59. The summed E-state index contributed by atoms with van der Waals surface area (Å²) < 4.78 is 6.27. The van der Waals surface area contributed by atoms with Gasteiger partial charge in [0.15, 0.2) is 0 Å². The molecule has 8 nitrogen and oxygen atoms in total. The maximum atomic E-state index is 13.4. The molecular weight excluding hydrogens is 492 g/mol. The molecule has 196 valence electrons. The predicted molar refractivity (Wildman–Crippen MR) is 149 cm³/mol. The topological polar surface area (TPSA) is 88.3 Å². The van der Waals surface area contributed by atoms with E-state index in [1.165, 1.54) is 17.1 Å². The number of ether oxygens (including phenoxy) is 1. The standard InChI is InChI=1S/C31H28N4O4/c1-23(26-16-18-27(19-17-26)35(37)38)32-34-30(36)21-33(20-24-10-4-2-5-11-24)31(34)28-14-8-9-15-29(28)39-22-25-12-6-3-7-13-25/h2-19,31H,20-22H2,1H3/b32-23-/t31-/m0/s1. The fourth-order valence-electron chi connectivity index (χ4n) is 4.63. The lowest BCUT2D eigenvalue weighted by Crippen LogP contribution is -2.30. The van der Waals surface area contributed by atoms with Crippen molar-refractivity contribution in [3.05, 3.63) is 142 Å². The molecule has 5 rings (SSSR count). The van der Waals surface area contributed by atoms with E-state index in [1.54, 1.807) is 19.1 Å². The Morgan fingerprint density at radius 3 is 2.18 bits per heavy atom. The van der Waals surface area contributed by atoms with Gasteiger partial charge in [0.25, 0.3) is 11.6 Å². The van der Waals surface area contributed by atoms with E-state index in [1.807, 2.05) is 84.9 Å². The van der Waals surface area contributed by atoms with E-state index in [2.05, 4.69) is 4.90 Å². The van der Waals surface area contributed by atoms with Gasteiger partial charge >= 0.3 is 0 Å². The maximum Gasteiger partial charge on any atom is 0.269 e. The number of benzene rings is 4. The normalized spacial score (nSPS) is 15.9. The summed E-state index contributed by atoms with van der Waals surface area (Å²) in [6.45, 7) is 2.92. The smallest absolute Gasteiger partial charge is 0.269 e. The summed E-state index contributed by atoms with van der Waals surface area (Å²) in [5.74, 6) is 0.530. The van der Waals surface area contributed by atoms with Crippen molar-refractivity contribution in [3.63, 3.8) is 0 Å². The second-order valence-corrected chi connectivity index (χ2v) is 9.30. The number of hydrogen-bond donors (Lipinski definition) is 0. The first kappa shape index (κ1) is 25.8. The lowest BCUT2D eigenvalue weighted by molar-refractivity contribution is -0.384. The number of hydrogen-bond acceptors (Lipinski definition) is 6. The molecular formula is C31H28N4O4. The fourth-order valence-corrected chi connectivity index (χ4v) is 4.63. The number of rotatable bonds is 9. The molecule has 1 heterocycles. The number of carbonyl (C=O) groups is 1. The minimum Gasteiger partial charge on any atom is -0.488 e. The molecule has 1 fully saturated rings. The van der Waals surface area contributed by atoms with Gasteiger partial charge in [-0.1, -0.05) is 78.9 Å². The second kappa shape index (κ2) is 11.7. The molecule has 1 aliphatic heterocycles. The summed E-state index contributed by atoms with van der Waals surface area (Å²) in [6, 6.07) is 33.8. The molecule has 1 saturated heterocycles. The van der Waals surface area contributed by atoms with Crippen molar-refractivity contribution in [1.82, 2.24) is 9.91 Å². The summed E-state index contributed by atoms with van der Waals surface area (Å²) in [5, 5.41) is 17.3. The summed E-state index contributed by atoms with van der Waals surface area (Å²) >= 11 is 0. The van der Waals surface area contributed by atoms with Gasteiger partial charge in [-0.05, 0) is 41.8 Å². The highest BCUT2D eigenvalue weighted by molar-refractivity contribution is 5.99. The summed E-state index contributed by atoms with van der Waals surface area (Å²) in [6.07, 6.45) is -0.502. The van der Waals surface area contributed by atoms with Crippen molar-refractivity contribution in [2.75, 3.05) is 6.54 Å². The van der Waals surface area contributed by atoms with Crippen molar-refractivity contribution in [2.24, 2.45) is 5.10 Å². The number of para-hydroxylation sites is 1. The Bertz CT molecular complexity index is 1470. The van der Waals surface area contributed by atoms with E-state index >= 15 is 0 Å². The number of nitrogens with zero attached hydrogens (tertiary/aromatic N) is 4. The fraction of sp³-hybridized carbons (Fsp3) is 0.161. The van der Waals surface area contributed by atoms with Crippen LogP contribution in [0.2, 0.25) is 0 Å². The molecule has 0 saturated carbocycles. The van der Waals surface area contributed by atoms with Gasteiger partial charge in [0, 0.05) is 24.2 Å². The predicted octanol–water partition coefficient (Wildman–Crippen LogP) is 5.94. The molecule has 1 aliphatic rings. The lowest BCUT2D eigenvalue weighted by atomic mass is 10.1. The van der Waals surface area contributed by atoms with E-state index < -0.39 is 11.1 Å². The Morgan fingerprint density at radius 2 is 1.51 bits per heavy atom. The molecule has 8 heteroatoms. The Balaban J connectivity index is 1.50. The minimum atomic E-state index is -0.502. The van der Waals surface area contributed by atoms with Crippen LogP contribution in [0.5, 0.6) is 5.75 Å². The van der Waals surface area contributed by atoms with Gasteiger partial charge in [-0.25, -0.2) is 5.01 Å². The zero-order valence-electron chi connectivity index (χ0n) is 21.5. The van der Waals surface area contributed by atoms with Gasteiger partial charge in [-0.15, -0.1) is 0 Å². The van der Waals surface area contributed by atoms with Crippen LogP contribution in [-0.2, 0) is 17.9 Å². The van der Waals surface area contributed by atoms with Crippen LogP contribution >= 0.6 is 0 Å². The first-order valence-electron chi connectivity index (χ1n) is 12.7. The van der Waals surface area contributed by atoms with Crippen molar-refractivity contribution in [3.8, 4) is 5.75 Å². The monoisotopic (exact) mass is 520 g/mol. The summed E-state index contributed by atoms with van der Waals surface area (Å²) in [7, 11) is 0. The summed E-state index contributed by atoms with van der Waals surface area (Å²) in [4.78, 5) is 26.1. The van der Waals surface area contributed by atoms with E-state index in [9.17, 15) is 14.9 Å². The van der Waals surface area contributed by atoms with Crippen LogP contribution in [0.3, 0.4) is 0 Å². The molecule has 4 aromatic carbocycles. The van der Waals surface area contributed by atoms with E-state index in [4.69, 9.17) is 9.84 Å². The van der Waals surface area contributed by atoms with Crippen LogP contribution in [0.4, 0.5) is 5.69 Å². The molecule has 0 bridgehead atoms. The number of hydrazone groups is 1. The quantitative estimate of drug-likeness (QED) is 0.155. The number of non-ortho nitro benzene ring substituents is 1. The van der Waals surface area contributed by atoms with Crippen molar-refractivity contribution < 1.29 is 14.5 Å². The van der Waals surface area contributed by atoms with E-state index in [0.29, 0.717) is 30.2 Å². The Kier molecular flexibility index (Phi) is 7.75. The molecule has 0 spiro atoms. The molecule has 1 amide bonds. The third-order valence-electron chi connectivity index (χ3n) is 6.59. The Labute approximate surface area is 226 Å². The lowest BCUT2D eigenvalue weighted by Gasteiger charge is -2.29. The first-order chi connectivity index (χ1) is 19.0. The highest BCUT2D eigenvalue weighted by Crippen LogP contribution is 2.38. The average molecular weight is 521 g/mol. The zero-order valence-corrected chi connectivity index (χ0v) is 21.5. The van der Waals surface area contributed by atoms with Crippen molar-refractivity contribution in [1.29, 1.82) is 0 Å².